The number of H-pyrrole nitrogens is 1. The first-order valence-electron chi connectivity index (χ1n) is 8.51. The molecule has 0 saturated heterocycles. The van der Waals surface area contributed by atoms with E-state index in [0.29, 0.717) is 17.1 Å². The lowest BCUT2D eigenvalue weighted by atomic mass is 10.2. The van der Waals surface area contributed by atoms with Crippen LogP contribution in [0.25, 0.3) is 16.9 Å². The highest BCUT2D eigenvalue weighted by atomic mass is 16.1. The lowest BCUT2D eigenvalue weighted by molar-refractivity contribution is 0.102. The molecule has 7 heteroatoms. The Labute approximate surface area is 156 Å². The average molecular weight is 358 g/mol. The fourth-order valence-electron chi connectivity index (χ4n) is 2.87. The standard InChI is InChI=1S/C20H18N6O/c1-13-10-14(2)26(25-13)17-7-5-16(6-8-17)22-20(27)19-11-18(23-24-19)15-4-3-9-21-12-15/h3-12H,1-2H3,(H,22,27)(H,23,24). The molecule has 0 fully saturated rings. The van der Waals surface area contributed by atoms with Gasteiger partial charge in [-0.05, 0) is 62.4 Å². The lowest BCUT2D eigenvalue weighted by Crippen LogP contribution is -2.12. The summed E-state index contributed by atoms with van der Waals surface area (Å²) in [6.45, 7) is 3.97. The number of carbonyl (C=O) groups excluding carboxylic acids is 1. The zero-order valence-corrected chi connectivity index (χ0v) is 15.0. The predicted octanol–water partition coefficient (Wildman–Crippen LogP) is 3.53. The van der Waals surface area contributed by atoms with Crippen LogP contribution in [0.15, 0.2) is 60.9 Å². The van der Waals surface area contributed by atoms with Crippen molar-refractivity contribution in [3.05, 3.63) is 78.0 Å². The molecule has 1 amide bonds. The van der Waals surface area contributed by atoms with Crippen LogP contribution in [0, 0.1) is 13.8 Å². The van der Waals surface area contributed by atoms with Crippen molar-refractivity contribution in [1.29, 1.82) is 0 Å². The van der Waals surface area contributed by atoms with E-state index in [0.717, 1.165) is 22.6 Å². The molecule has 3 aromatic heterocycles. The van der Waals surface area contributed by atoms with Crippen LogP contribution in [0.3, 0.4) is 0 Å². The van der Waals surface area contributed by atoms with E-state index in [1.165, 1.54) is 0 Å². The smallest absolute Gasteiger partial charge is 0.273 e. The van der Waals surface area contributed by atoms with Crippen LogP contribution in [0.5, 0.6) is 0 Å². The molecule has 4 aromatic rings. The fraction of sp³-hybridized carbons (Fsp3) is 0.100. The van der Waals surface area contributed by atoms with Gasteiger partial charge in [0.15, 0.2) is 0 Å². The maximum Gasteiger partial charge on any atom is 0.273 e. The first-order valence-corrected chi connectivity index (χ1v) is 8.51. The third kappa shape index (κ3) is 3.48. The van der Waals surface area contributed by atoms with E-state index in [4.69, 9.17) is 0 Å². The van der Waals surface area contributed by atoms with Gasteiger partial charge in [-0.3, -0.25) is 14.9 Å². The first kappa shape index (κ1) is 16.7. The van der Waals surface area contributed by atoms with Gasteiger partial charge in [-0.25, -0.2) is 4.68 Å². The summed E-state index contributed by atoms with van der Waals surface area (Å²) in [7, 11) is 0. The number of aromatic nitrogens is 5. The highest BCUT2D eigenvalue weighted by Crippen LogP contribution is 2.18. The Morgan fingerprint density at radius 1 is 1.11 bits per heavy atom. The zero-order valence-electron chi connectivity index (χ0n) is 15.0. The second-order valence-corrected chi connectivity index (χ2v) is 6.25. The molecule has 0 radical (unpaired) electrons. The van der Waals surface area contributed by atoms with Crippen molar-refractivity contribution in [3.8, 4) is 16.9 Å². The summed E-state index contributed by atoms with van der Waals surface area (Å²) in [5, 5.41) is 14.3. The molecule has 0 aliphatic heterocycles. The number of rotatable bonds is 4. The largest absolute Gasteiger partial charge is 0.321 e. The summed E-state index contributed by atoms with van der Waals surface area (Å²) >= 11 is 0. The van der Waals surface area contributed by atoms with Gasteiger partial charge < -0.3 is 5.32 Å². The molecule has 0 atom stereocenters. The van der Waals surface area contributed by atoms with Crippen molar-refractivity contribution < 1.29 is 4.79 Å². The van der Waals surface area contributed by atoms with E-state index in [1.807, 2.05) is 61.0 Å². The van der Waals surface area contributed by atoms with Gasteiger partial charge in [0.25, 0.3) is 5.91 Å². The van der Waals surface area contributed by atoms with Gasteiger partial charge in [-0.2, -0.15) is 10.2 Å². The third-order valence-electron chi connectivity index (χ3n) is 4.16. The molecule has 27 heavy (non-hydrogen) atoms. The van der Waals surface area contributed by atoms with Gasteiger partial charge in [0, 0.05) is 29.3 Å². The summed E-state index contributed by atoms with van der Waals surface area (Å²) in [6, 6.07) is 15.0. The fourth-order valence-corrected chi connectivity index (χ4v) is 2.87. The topological polar surface area (TPSA) is 88.5 Å². The van der Waals surface area contributed by atoms with Crippen LogP contribution in [-0.4, -0.2) is 30.9 Å². The monoisotopic (exact) mass is 358 g/mol. The minimum Gasteiger partial charge on any atom is -0.321 e. The molecule has 0 unspecified atom stereocenters. The molecular weight excluding hydrogens is 340 g/mol. The first-order chi connectivity index (χ1) is 13.1. The van der Waals surface area contributed by atoms with Gasteiger partial charge in [0.05, 0.1) is 17.1 Å². The number of pyridine rings is 1. The highest BCUT2D eigenvalue weighted by molar-refractivity contribution is 6.03. The van der Waals surface area contributed by atoms with E-state index in [1.54, 1.807) is 18.5 Å². The zero-order chi connectivity index (χ0) is 18.8. The molecule has 134 valence electrons. The van der Waals surface area contributed by atoms with Gasteiger partial charge in [-0.15, -0.1) is 0 Å². The van der Waals surface area contributed by atoms with E-state index in [9.17, 15) is 4.79 Å². The minimum atomic E-state index is -0.253. The Morgan fingerprint density at radius 3 is 2.59 bits per heavy atom. The number of nitrogens with zero attached hydrogens (tertiary/aromatic N) is 4. The van der Waals surface area contributed by atoms with Crippen molar-refractivity contribution in [3.63, 3.8) is 0 Å². The lowest BCUT2D eigenvalue weighted by Gasteiger charge is -2.07. The van der Waals surface area contributed by atoms with E-state index >= 15 is 0 Å². The Hall–Kier alpha value is -3.74. The van der Waals surface area contributed by atoms with Crippen LogP contribution >= 0.6 is 0 Å². The number of benzene rings is 1. The number of aromatic amines is 1. The van der Waals surface area contributed by atoms with Gasteiger partial charge >= 0.3 is 0 Å². The number of hydrogen-bond acceptors (Lipinski definition) is 4. The van der Waals surface area contributed by atoms with E-state index in [2.05, 4.69) is 25.6 Å². The summed E-state index contributed by atoms with van der Waals surface area (Å²) in [5.74, 6) is -0.253. The van der Waals surface area contributed by atoms with Crippen molar-refractivity contribution in [1.82, 2.24) is 25.0 Å². The van der Waals surface area contributed by atoms with Gasteiger partial charge in [0.1, 0.15) is 5.69 Å². The predicted molar refractivity (Wildman–Crippen MR) is 103 cm³/mol. The number of aryl methyl sites for hydroxylation is 2. The van der Waals surface area contributed by atoms with Crippen molar-refractivity contribution in [2.24, 2.45) is 0 Å². The highest BCUT2D eigenvalue weighted by Gasteiger charge is 2.12. The number of amides is 1. The molecule has 0 spiro atoms. The number of anilines is 1. The summed E-state index contributed by atoms with van der Waals surface area (Å²) in [5.41, 5.74) is 5.58. The summed E-state index contributed by atoms with van der Waals surface area (Å²) in [6.07, 6.45) is 3.40. The van der Waals surface area contributed by atoms with Crippen LogP contribution in [0.4, 0.5) is 5.69 Å². The Morgan fingerprint density at radius 2 is 1.93 bits per heavy atom. The molecule has 0 bridgehead atoms. The van der Waals surface area contributed by atoms with Crippen LogP contribution < -0.4 is 5.32 Å². The van der Waals surface area contributed by atoms with Gasteiger partial charge in [-0.1, -0.05) is 0 Å². The third-order valence-corrected chi connectivity index (χ3v) is 4.16. The van der Waals surface area contributed by atoms with Crippen LogP contribution in [0.1, 0.15) is 21.9 Å². The molecule has 1 aromatic carbocycles. The molecule has 0 aliphatic rings. The van der Waals surface area contributed by atoms with Gasteiger partial charge in [0.2, 0.25) is 0 Å². The summed E-state index contributed by atoms with van der Waals surface area (Å²) < 4.78 is 1.87. The minimum absolute atomic E-state index is 0.253. The Kier molecular flexibility index (Phi) is 4.25. The molecule has 4 rings (SSSR count). The molecule has 7 nitrogen and oxygen atoms in total. The number of carbonyl (C=O) groups is 1. The Balaban J connectivity index is 1.49. The number of nitrogens with one attached hydrogen (secondary N) is 2. The van der Waals surface area contributed by atoms with Crippen LogP contribution in [0.2, 0.25) is 0 Å². The second kappa shape index (κ2) is 6.87. The maximum atomic E-state index is 12.5. The molecule has 3 heterocycles. The normalized spacial score (nSPS) is 10.7. The summed E-state index contributed by atoms with van der Waals surface area (Å²) in [4.78, 5) is 16.5. The molecule has 0 saturated carbocycles. The SMILES string of the molecule is Cc1cc(C)n(-c2ccc(NC(=O)c3cc(-c4cccnc4)n[nH]3)cc2)n1. The quantitative estimate of drug-likeness (QED) is 0.584. The van der Waals surface area contributed by atoms with Crippen molar-refractivity contribution in [2.75, 3.05) is 5.32 Å². The van der Waals surface area contributed by atoms with Crippen LogP contribution in [-0.2, 0) is 0 Å². The van der Waals surface area contributed by atoms with Crippen molar-refractivity contribution in [2.45, 2.75) is 13.8 Å². The molecule has 0 aliphatic carbocycles. The van der Waals surface area contributed by atoms with E-state index in [-0.39, 0.29) is 5.91 Å². The second-order valence-electron chi connectivity index (χ2n) is 6.25. The molecular formula is C20H18N6O. The average Bonchev–Trinajstić information content (AvgIpc) is 3.30. The maximum absolute atomic E-state index is 12.5. The Bertz CT molecular complexity index is 1080. The van der Waals surface area contributed by atoms with Crippen molar-refractivity contribution >= 4 is 11.6 Å². The van der Waals surface area contributed by atoms with E-state index < -0.39 is 0 Å². The molecule has 2 N–H and O–H groups in total. The number of hydrogen-bond donors (Lipinski definition) is 2.